The average Bonchev–Trinajstić information content (AvgIpc) is 3.48. The molecule has 0 spiro atoms. The maximum absolute atomic E-state index is 14.5. The van der Waals surface area contributed by atoms with E-state index >= 15 is 0 Å². The van der Waals surface area contributed by atoms with Crippen molar-refractivity contribution in [2.24, 2.45) is 0 Å². The van der Waals surface area contributed by atoms with Gasteiger partial charge in [-0.25, -0.2) is 9.68 Å². The van der Waals surface area contributed by atoms with Crippen LogP contribution in [-0.2, 0) is 70.2 Å². The second-order valence-electron chi connectivity index (χ2n) is 21.3. The summed E-state index contributed by atoms with van der Waals surface area (Å²) in [5.41, 5.74) is 1.76. The van der Waals surface area contributed by atoms with Gasteiger partial charge in [0.25, 0.3) is 9.70 Å². The van der Waals surface area contributed by atoms with Crippen molar-refractivity contribution >= 4 is 88.9 Å². The number of carbonyl (C=O) groups excluding carboxylic acids is 4. The molecule has 0 unspecified atom stereocenters. The van der Waals surface area contributed by atoms with E-state index in [1.165, 1.54) is 18.7 Å². The van der Waals surface area contributed by atoms with E-state index in [2.05, 4.69) is 26.1 Å². The zero-order valence-corrected chi connectivity index (χ0v) is 50.6. The molecule has 440 valence electrons. The standard InChI is InChI=1S/C63H68Cl3NO14SSi/c1-41-31-34-46(35-32-41)82-60-57(79-58(71)45-25-15-8-16-26-45)56(74-38-44-23-13-7-14-24-44)55(50(77-60)40-75-81-83(62(3,4)5,47-27-17-9-18-28-47)48-29-19-10-20-30-48)80-59-52(67-61(72)63(64,65)66)53(70)54(78-51(69)36-33-42(2)68)49(76-59)39-73-37-43-21-11-6-12-22-43/h6-32,34-35,49-50,52-57,59-60,70H,33,36-40H2,1-5H3,(H,67,72)/t49-,50-,52-,53-,54+,55-,56+,57-,59+,60+/m1/s1. The first-order chi connectivity index (χ1) is 39.8. The number of amides is 1. The number of hydrogen-bond acceptors (Lipinski definition) is 15. The summed E-state index contributed by atoms with van der Waals surface area (Å²) in [5, 5.41) is 16.5. The van der Waals surface area contributed by atoms with Crippen LogP contribution in [0, 0.1) is 6.92 Å². The van der Waals surface area contributed by atoms with E-state index in [9.17, 15) is 24.3 Å². The van der Waals surface area contributed by atoms with Crippen LogP contribution in [0.25, 0.3) is 0 Å². The normalized spacial score (nSPS) is 23.0. The van der Waals surface area contributed by atoms with Gasteiger partial charge in [-0.15, -0.1) is 0 Å². The first kappa shape index (κ1) is 63.5. The highest BCUT2D eigenvalue weighted by molar-refractivity contribution is 7.99. The molecule has 0 aromatic heterocycles. The number of ketones is 1. The van der Waals surface area contributed by atoms with Gasteiger partial charge in [-0.3, -0.25) is 14.2 Å². The Labute approximate surface area is 504 Å². The SMILES string of the molecule is CC(=O)CCC(=O)O[C@@H]1[C@H](O)[C@@H](NC(=O)C(Cl)(Cl)Cl)[C@H](O[C@H]2[C@H](OCc3ccccc3)[C@@H](OC(=O)c3ccccc3)[C@H](Sc3ccc(C)cc3)O[C@@H]2COO[Si](c2ccccc2)(c2ccccc2)C(C)(C)C)O[C@@H]1COCc1ccccc1. The molecule has 2 aliphatic rings. The summed E-state index contributed by atoms with van der Waals surface area (Å²) in [6.45, 7) is 8.98. The second kappa shape index (κ2) is 29.6. The van der Waals surface area contributed by atoms with Gasteiger partial charge in [0.05, 0.1) is 31.8 Å². The van der Waals surface area contributed by atoms with E-state index in [1.54, 1.807) is 30.3 Å². The number of benzene rings is 6. The molecular weight excluding hydrogens is 1160 g/mol. The quantitative estimate of drug-likeness (QED) is 0.0192. The molecule has 0 bridgehead atoms. The van der Waals surface area contributed by atoms with Crippen molar-refractivity contribution in [1.82, 2.24) is 5.32 Å². The van der Waals surface area contributed by atoms with E-state index in [4.69, 9.17) is 77.4 Å². The Balaban J connectivity index is 1.26. The topological polar surface area (TPSA) is 184 Å². The smallest absolute Gasteiger partial charge is 0.338 e. The lowest BCUT2D eigenvalue weighted by Gasteiger charge is -2.49. The zero-order chi connectivity index (χ0) is 59.2. The lowest BCUT2D eigenvalue weighted by molar-refractivity contribution is -0.334. The molecule has 2 heterocycles. The number of halogens is 3. The molecule has 0 radical (unpaired) electrons. The maximum Gasteiger partial charge on any atom is 0.338 e. The molecule has 0 aliphatic carbocycles. The predicted molar refractivity (Wildman–Crippen MR) is 319 cm³/mol. The second-order valence-corrected chi connectivity index (χ2v) is 28.9. The first-order valence-corrected chi connectivity index (χ1v) is 31.1. The van der Waals surface area contributed by atoms with Gasteiger partial charge >= 0.3 is 20.3 Å². The number of rotatable bonds is 24. The summed E-state index contributed by atoms with van der Waals surface area (Å²) < 4.78 is 51.2. The molecule has 2 N–H and O–H groups in total. The minimum absolute atomic E-state index is 0.0470. The highest BCUT2D eigenvalue weighted by Crippen LogP contribution is 2.42. The summed E-state index contributed by atoms with van der Waals surface area (Å²) in [6.07, 6.45) is -12.2. The minimum atomic E-state index is -3.41. The Kier molecular flexibility index (Phi) is 22.6. The number of esters is 2. The third-order valence-corrected chi connectivity index (χ3v) is 20.5. The van der Waals surface area contributed by atoms with Crippen LogP contribution in [0.1, 0.15) is 67.6 Å². The molecule has 6 aromatic rings. The molecule has 6 aromatic carbocycles. The van der Waals surface area contributed by atoms with Gasteiger partial charge in [0.15, 0.2) is 18.5 Å². The number of aliphatic hydroxyl groups excluding tert-OH is 1. The number of Topliss-reactive ketones (excluding diaryl/α,β-unsaturated/α-hetero) is 1. The van der Waals surface area contributed by atoms with Crippen LogP contribution < -0.4 is 15.7 Å². The van der Waals surface area contributed by atoms with Gasteiger partial charge in [0, 0.05) is 11.3 Å². The Hall–Kier alpha value is -5.48. The summed E-state index contributed by atoms with van der Waals surface area (Å²) >= 11 is 19.9. The highest BCUT2D eigenvalue weighted by atomic mass is 35.6. The average molecular weight is 1230 g/mol. The third kappa shape index (κ3) is 16.9. The van der Waals surface area contributed by atoms with Gasteiger partial charge in [-0.1, -0.05) is 225 Å². The van der Waals surface area contributed by atoms with Gasteiger partial charge in [0.2, 0.25) is 0 Å². The highest BCUT2D eigenvalue weighted by Gasteiger charge is 2.57. The molecule has 8 rings (SSSR count). The lowest BCUT2D eigenvalue weighted by Crippen LogP contribution is -2.69. The lowest BCUT2D eigenvalue weighted by atomic mass is 9.95. The van der Waals surface area contributed by atoms with Crippen molar-refractivity contribution in [3.63, 3.8) is 0 Å². The van der Waals surface area contributed by atoms with Gasteiger partial charge in [-0.2, -0.15) is 0 Å². The molecule has 10 atom stereocenters. The van der Waals surface area contributed by atoms with Gasteiger partial charge in [-0.05, 0) is 64.7 Å². The van der Waals surface area contributed by atoms with Crippen LogP contribution in [0.2, 0.25) is 5.04 Å². The number of hydrogen-bond donors (Lipinski definition) is 2. The number of thioether (sulfide) groups is 1. The van der Waals surface area contributed by atoms with Crippen molar-refractivity contribution in [2.75, 3.05) is 13.2 Å². The molecule has 83 heavy (non-hydrogen) atoms. The molecular formula is C63H68Cl3NO14SSi. The Morgan fingerprint density at radius 1 is 0.639 bits per heavy atom. The van der Waals surface area contributed by atoms with Crippen LogP contribution in [0.3, 0.4) is 0 Å². The van der Waals surface area contributed by atoms with Crippen molar-refractivity contribution in [1.29, 1.82) is 0 Å². The van der Waals surface area contributed by atoms with E-state index in [0.29, 0.717) is 0 Å². The van der Waals surface area contributed by atoms with Crippen molar-refractivity contribution in [3.05, 3.63) is 198 Å². The molecule has 15 nitrogen and oxygen atoms in total. The molecule has 1 amide bonds. The number of alkyl halides is 3. The molecule has 2 saturated heterocycles. The zero-order valence-electron chi connectivity index (χ0n) is 46.6. The van der Waals surface area contributed by atoms with Crippen LogP contribution >= 0.6 is 46.6 Å². The van der Waals surface area contributed by atoms with E-state index < -0.39 is 95.5 Å². The van der Waals surface area contributed by atoms with Crippen molar-refractivity contribution < 1.29 is 66.9 Å². The molecule has 2 aliphatic heterocycles. The minimum Gasteiger partial charge on any atom is -0.457 e. The third-order valence-electron chi connectivity index (χ3n) is 14.1. The van der Waals surface area contributed by atoms with E-state index in [1.807, 2.05) is 153 Å². The van der Waals surface area contributed by atoms with Crippen molar-refractivity contribution in [2.45, 2.75) is 135 Å². The van der Waals surface area contributed by atoms with Gasteiger partial charge in [0.1, 0.15) is 54.4 Å². The molecule has 2 fully saturated rings. The number of aryl methyl sites for hydroxylation is 1. The summed E-state index contributed by atoms with van der Waals surface area (Å²) in [6, 6.07) is 52.9. The van der Waals surface area contributed by atoms with Crippen molar-refractivity contribution in [3.8, 4) is 0 Å². The van der Waals surface area contributed by atoms with Gasteiger partial charge < -0.3 is 48.4 Å². The fourth-order valence-electron chi connectivity index (χ4n) is 9.87. The number of nitrogens with one attached hydrogen (secondary N) is 1. The summed E-state index contributed by atoms with van der Waals surface area (Å²) in [5.74, 6) is -3.01. The number of carbonyl (C=O) groups is 4. The fraction of sp³-hybridized carbons (Fsp3) is 0.365. The Bertz CT molecular complexity index is 2980. The van der Waals surface area contributed by atoms with Crippen LogP contribution in [-0.4, -0.2) is 115 Å². The van der Waals surface area contributed by atoms with Crippen LogP contribution in [0.15, 0.2) is 181 Å². The Morgan fingerprint density at radius 2 is 1.18 bits per heavy atom. The Morgan fingerprint density at radius 3 is 1.73 bits per heavy atom. The summed E-state index contributed by atoms with van der Waals surface area (Å²) in [7, 11) is -3.41. The molecule has 20 heteroatoms. The van der Waals surface area contributed by atoms with E-state index in [0.717, 1.165) is 32.0 Å². The molecule has 0 saturated carbocycles. The maximum atomic E-state index is 14.5. The summed E-state index contributed by atoms with van der Waals surface area (Å²) in [4.78, 5) is 61.4. The van der Waals surface area contributed by atoms with Crippen LogP contribution in [0.5, 0.6) is 0 Å². The van der Waals surface area contributed by atoms with E-state index in [-0.39, 0.29) is 50.6 Å². The fourth-order valence-corrected chi connectivity index (χ4v) is 15.2. The predicted octanol–water partition coefficient (Wildman–Crippen LogP) is 9.96. The van der Waals surface area contributed by atoms with Crippen LogP contribution in [0.4, 0.5) is 0 Å². The number of ether oxygens (including phenoxy) is 7. The monoisotopic (exact) mass is 1230 g/mol. The largest absolute Gasteiger partial charge is 0.457 e. The first-order valence-electron chi connectivity index (χ1n) is 27.2. The number of aliphatic hydroxyl groups is 1.